The molecule has 1 aromatic carbocycles. The summed E-state index contributed by atoms with van der Waals surface area (Å²) < 4.78 is 6.02. The average molecular weight is 543 g/mol. The number of hydrogen-bond acceptors (Lipinski definition) is 9. The van der Waals surface area contributed by atoms with Crippen LogP contribution in [-0.4, -0.2) is 68.0 Å². The third kappa shape index (κ3) is 5.49. The number of fused-ring (bicyclic) bond motifs is 3. The highest BCUT2D eigenvalue weighted by Crippen LogP contribution is 2.38. The third-order valence-corrected chi connectivity index (χ3v) is 8.19. The number of benzene rings is 1. The van der Waals surface area contributed by atoms with Gasteiger partial charge >= 0.3 is 0 Å². The molecule has 200 valence electrons. The summed E-state index contributed by atoms with van der Waals surface area (Å²) >= 11 is 1.62. The molecule has 39 heavy (non-hydrogen) atoms. The van der Waals surface area contributed by atoms with E-state index >= 15 is 0 Å². The number of aromatic nitrogens is 3. The molecule has 0 radical (unpaired) electrons. The van der Waals surface area contributed by atoms with E-state index in [0.29, 0.717) is 38.5 Å². The molecule has 2 aliphatic rings. The van der Waals surface area contributed by atoms with E-state index in [1.807, 2.05) is 55.2 Å². The third-order valence-electron chi connectivity index (χ3n) is 7.06. The lowest BCUT2D eigenvalue weighted by Gasteiger charge is -2.34. The standard InChI is InChI=1S/C29H30N6O3S/c1-18-12-20(6-8-24(18)38-22-7-5-19(2)30-13-22)33-28-27-23-9-11-35(16-25(23)39-29(27)32-17-31-28)26(37)4-3-10-34-14-21(36)15-34/h3-8,12-13,17,21,36H,9-11,14-16H2,1-2H3,(H,31,32,33)/b4-3+. The van der Waals surface area contributed by atoms with E-state index in [-0.39, 0.29) is 12.0 Å². The van der Waals surface area contributed by atoms with Crippen LogP contribution in [0.2, 0.25) is 0 Å². The van der Waals surface area contributed by atoms with Gasteiger partial charge in [-0.15, -0.1) is 11.3 Å². The normalized spacial score (nSPS) is 15.9. The molecular weight excluding hydrogens is 512 g/mol. The molecule has 0 aliphatic carbocycles. The maximum atomic E-state index is 12.8. The molecular formula is C29H30N6O3S. The van der Waals surface area contributed by atoms with Crippen LogP contribution >= 0.6 is 11.3 Å². The Kier molecular flexibility index (Phi) is 6.99. The summed E-state index contributed by atoms with van der Waals surface area (Å²) in [5.41, 5.74) is 4.06. The zero-order valence-corrected chi connectivity index (χ0v) is 22.7. The lowest BCUT2D eigenvalue weighted by molar-refractivity contribution is -0.126. The second-order valence-corrected chi connectivity index (χ2v) is 11.1. The molecule has 6 rings (SSSR count). The minimum atomic E-state index is -0.232. The molecule has 1 amide bonds. The molecule has 9 nitrogen and oxygen atoms in total. The number of carbonyl (C=O) groups excluding carboxylic acids is 1. The molecule has 4 aromatic rings. The first-order valence-electron chi connectivity index (χ1n) is 13.0. The van der Waals surface area contributed by atoms with Crippen molar-refractivity contribution >= 4 is 39.0 Å². The lowest BCUT2D eigenvalue weighted by atomic mass is 10.0. The van der Waals surface area contributed by atoms with Gasteiger partial charge in [0.1, 0.15) is 28.5 Å². The Balaban J connectivity index is 1.16. The number of thiophene rings is 1. The van der Waals surface area contributed by atoms with Crippen LogP contribution < -0.4 is 10.1 Å². The maximum Gasteiger partial charge on any atom is 0.246 e. The number of aliphatic hydroxyl groups is 1. The summed E-state index contributed by atoms with van der Waals surface area (Å²) in [5.74, 6) is 2.26. The first kappa shape index (κ1) is 25.4. The fraction of sp³-hybridized carbons (Fsp3) is 0.310. The molecule has 5 heterocycles. The lowest BCUT2D eigenvalue weighted by Crippen LogP contribution is -2.50. The average Bonchev–Trinajstić information content (AvgIpc) is 3.29. The minimum absolute atomic E-state index is 0.0165. The van der Waals surface area contributed by atoms with Gasteiger partial charge in [0.15, 0.2) is 0 Å². The molecule has 0 saturated carbocycles. The van der Waals surface area contributed by atoms with E-state index in [2.05, 4.69) is 25.2 Å². The van der Waals surface area contributed by atoms with Gasteiger partial charge in [-0.2, -0.15) is 0 Å². The van der Waals surface area contributed by atoms with Crippen molar-refractivity contribution in [1.82, 2.24) is 24.8 Å². The van der Waals surface area contributed by atoms with E-state index in [4.69, 9.17) is 4.74 Å². The van der Waals surface area contributed by atoms with Gasteiger partial charge in [-0.1, -0.05) is 6.08 Å². The molecule has 0 spiro atoms. The number of anilines is 2. The largest absolute Gasteiger partial charge is 0.455 e. The van der Waals surface area contributed by atoms with Gasteiger partial charge in [-0.3, -0.25) is 14.7 Å². The monoisotopic (exact) mass is 542 g/mol. The number of aliphatic hydroxyl groups excluding tert-OH is 1. The van der Waals surface area contributed by atoms with E-state index in [1.54, 1.807) is 29.9 Å². The van der Waals surface area contributed by atoms with E-state index in [9.17, 15) is 9.90 Å². The van der Waals surface area contributed by atoms with Crippen molar-refractivity contribution < 1.29 is 14.6 Å². The number of ether oxygens (including phenoxy) is 1. The van der Waals surface area contributed by atoms with Gasteiger partial charge in [0.05, 0.1) is 24.2 Å². The Morgan fingerprint density at radius 3 is 2.85 bits per heavy atom. The van der Waals surface area contributed by atoms with Crippen LogP contribution in [0.1, 0.15) is 21.7 Å². The van der Waals surface area contributed by atoms with Crippen LogP contribution in [-0.2, 0) is 17.8 Å². The first-order valence-corrected chi connectivity index (χ1v) is 13.8. The molecule has 2 aliphatic heterocycles. The summed E-state index contributed by atoms with van der Waals surface area (Å²) in [7, 11) is 0. The number of nitrogens with one attached hydrogen (secondary N) is 1. The van der Waals surface area contributed by atoms with Gasteiger partial charge in [0.2, 0.25) is 5.91 Å². The van der Waals surface area contributed by atoms with Crippen LogP contribution in [0.15, 0.2) is 55.0 Å². The fourth-order valence-electron chi connectivity index (χ4n) is 4.93. The summed E-state index contributed by atoms with van der Waals surface area (Å²) in [4.78, 5) is 32.2. The molecule has 1 saturated heterocycles. The highest BCUT2D eigenvalue weighted by molar-refractivity contribution is 7.19. The van der Waals surface area contributed by atoms with Crippen molar-refractivity contribution in [3.05, 3.63) is 76.7 Å². The number of β-amino-alcohol motifs (C(OH)–C–C–N with tert-alkyl or cyclic N) is 1. The Labute approximate surface area is 230 Å². The second kappa shape index (κ2) is 10.7. The summed E-state index contributed by atoms with van der Waals surface area (Å²) in [6, 6.07) is 9.80. The molecule has 3 aromatic heterocycles. The summed E-state index contributed by atoms with van der Waals surface area (Å²) in [6.45, 7) is 7.21. The number of pyridine rings is 1. The van der Waals surface area contributed by atoms with Crippen molar-refractivity contribution in [2.45, 2.75) is 32.9 Å². The number of hydrogen-bond donors (Lipinski definition) is 2. The second-order valence-electron chi connectivity index (χ2n) is 10.0. The van der Waals surface area contributed by atoms with Crippen molar-refractivity contribution in [3.63, 3.8) is 0 Å². The highest BCUT2D eigenvalue weighted by atomic mass is 32.1. The predicted octanol–water partition coefficient (Wildman–Crippen LogP) is 4.36. The van der Waals surface area contributed by atoms with Crippen LogP contribution in [0.5, 0.6) is 11.5 Å². The number of likely N-dealkylation sites (tertiary alicyclic amines) is 1. The van der Waals surface area contributed by atoms with Gasteiger partial charge < -0.3 is 20.1 Å². The van der Waals surface area contributed by atoms with E-state index in [0.717, 1.165) is 50.0 Å². The zero-order chi connectivity index (χ0) is 26.9. The summed E-state index contributed by atoms with van der Waals surface area (Å²) in [5, 5.41) is 13.9. The number of carbonyl (C=O) groups is 1. The van der Waals surface area contributed by atoms with Gasteiger partial charge in [0, 0.05) is 48.5 Å². The smallest absolute Gasteiger partial charge is 0.246 e. The Hall–Kier alpha value is -3.86. The molecule has 0 unspecified atom stereocenters. The van der Waals surface area contributed by atoms with Crippen LogP contribution in [0.3, 0.4) is 0 Å². The molecule has 0 bridgehead atoms. The van der Waals surface area contributed by atoms with Crippen molar-refractivity contribution in [2.24, 2.45) is 0 Å². The topological polar surface area (TPSA) is 104 Å². The van der Waals surface area contributed by atoms with E-state index < -0.39 is 0 Å². The minimum Gasteiger partial charge on any atom is -0.455 e. The van der Waals surface area contributed by atoms with Crippen molar-refractivity contribution in [3.8, 4) is 11.5 Å². The molecule has 10 heteroatoms. The summed E-state index contributed by atoms with van der Waals surface area (Å²) in [6.07, 6.45) is 7.37. The highest BCUT2D eigenvalue weighted by Gasteiger charge is 2.26. The maximum absolute atomic E-state index is 12.8. The van der Waals surface area contributed by atoms with Crippen molar-refractivity contribution in [1.29, 1.82) is 0 Å². The quantitative estimate of drug-likeness (QED) is 0.332. The van der Waals surface area contributed by atoms with Gasteiger partial charge in [-0.05, 0) is 61.7 Å². The number of amides is 1. The van der Waals surface area contributed by atoms with Gasteiger partial charge in [-0.25, -0.2) is 9.97 Å². The number of nitrogens with zero attached hydrogens (tertiary/aromatic N) is 5. The van der Waals surface area contributed by atoms with Crippen molar-refractivity contribution in [2.75, 3.05) is 31.5 Å². The Bertz CT molecular complexity index is 1540. The van der Waals surface area contributed by atoms with Gasteiger partial charge in [0.25, 0.3) is 0 Å². The molecule has 0 atom stereocenters. The zero-order valence-electron chi connectivity index (χ0n) is 21.9. The molecule has 1 fully saturated rings. The predicted molar refractivity (Wildman–Crippen MR) is 152 cm³/mol. The first-order chi connectivity index (χ1) is 18.9. The Morgan fingerprint density at radius 1 is 1.21 bits per heavy atom. The molecule has 2 N–H and O–H groups in total. The van der Waals surface area contributed by atoms with Crippen LogP contribution in [0.4, 0.5) is 11.5 Å². The van der Waals surface area contributed by atoms with Crippen LogP contribution in [0.25, 0.3) is 10.2 Å². The van der Waals surface area contributed by atoms with E-state index in [1.165, 1.54) is 5.56 Å². The number of aryl methyl sites for hydroxylation is 2. The fourth-order valence-corrected chi connectivity index (χ4v) is 6.13. The number of rotatable bonds is 7. The Morgan fingerprint density at radius 2 is 2.08 bits per heavy atom. The SMILES string of the molecule is Cc1ccc(Oc2ccc(Nc3ncnc4sc5c(c34)CCN(C(=O)/C=C/CN3CC(O)C3)C5)cc2C)cn1. The van der Waals surface area contributed by atoms with Crippen LogP contribution in [0, 0.1) is 13.8 Å².